The van der Waals surface area contributed by atoms with Gasteiger partial charge in [0.2, 0.25) is 0 Å². The Hall–Kier alpha value is -3.08. The van der Waals surface area contributed by atoms with Gasteiger partial charge in [-0.3, -0.25) is 0 Å². The number of anilines is 2. The van der Waals surface area contributed by atoms with Crippen LogP contribution in [0.3, 0.4) is 0 Å². The molecule has 1 aliphatic rings. The van der Waals surface area contributed by atoms with Gasteiger partial charge in [-0.05, 0) is 93.0 Å². The van der Waals surface area contributed by atoms with Crippen molar-refractivity contribution in [3.8, 4) is 21.7 Å². The number of hydrogen-bond donors (Lipinski definition) is 2. The van der Waals surface area contributed by atoms with Gasteiger partial charge in [0.1, 0.15) is 17.5 Å². The Morgan fingerprint density at radius 2 is 1.86 bits per heavy atom. The summed E-state index contributed by atoms with van der Waals surface area (Å²) in [6.07, 6.45) is 3.72. The molecular weight excluding hydrogens is 515 g/mol. The quantitative estimate of drug-likeness (QED) is 0.240. The number of aromatic nitrogens is 2. The fraction of sp³-hybridized carbons (Fsp3) is 0.259. The largest absolute Gasteiger partial charge is 0.373 e. The summed E-state index contributed by atoms with van der Waals surface area (Å²) in [5.41, 5.74) is 1.98. The predicted molar refractivity (Wildman–Crippen MR) is 146 cm³/mol. The predicted octanol–water partition coefficient (Wildman–Crippen LogP) is 7.26. The fourth-order valence-electron chi connectivity index (χ4n) is 4.31. The molecule has 0 amide bonds. The van der Waals surface area contributed by atoms with Gasteiger partial charge in [0.05, 0.1) is 26.2 Å². The molecule has 0 aliphatic carbocycles. The van der Waals surface area contributed by atoms with E-state index in [2.05, 4.69) is 27.0 Å². The molecule has 2 aromatic carbocycles. The molecule has 1 saturated heterocycles. The van der Waals surface area contributed by atoms with Gasteiger partial charge in [0, 0.05) is 24.7 Å². The molecular formula is C27H26F3N5S2. The van der Waals surface area contributed by atoms with Crippen molar-refractivity contribution < 1.29 is 13.2 Å². The van der Waals surface area contributed by atoms with Crippen LogP contribution in [0.1, 0.15) is 23.8 Å². The third kappa shape index (κ3) is 5.61. The molecule has 37 heavy (non-hydrogen) atoms. The molecule has 0 saturated carbocycles. The van der Waals surface area contributed by atoms with E-state index >= 15 is 4.39 Å². The number of benzene rings is 2. The zero-order valence-electron chi connectivity index (χ0n) is 20.4. The highest BCUT2D eigenvalue weighted by molar-refractivity contribution is 8.00. The van der Waals surface area contributed by atoms with Crippen LogP contribution in [0.2, 0.25) is 0 Å². The summed E-state index contributed by atoms with van der Waals surface area (Å²) < 4.78 is 46.4. The van der Waals surface area contributed by atoms with Crippen LogP contribution in [0.15, 0.2) is 59.6 Å². The maximum atomic E-state index is 15.9. The number of likely N-dealkylation sites (tertiary alicyclic amines) is 1. The molecule has 2 N–H and O–H groups in total. The molecule has 1 aliphatic heterocycles. The van der Waals surface area contributed by atoms with Crippen LogP contribution in [0.4, 0.5) is 24.7 Å². The standard InChI is InChI=1S/C27H26F3N5S2/c1-31-23-14-17(8-11-32-23)26-25(33-27(36-26)16-9-12-35(2)13-10-16)19-4-3-5-21(24(19)30)34-37-22-15-18(28)6-7-20(22)29/h3-8,11,14-16,34H,9-10,12-13H2,1-2H3,(H,31,32). The van der Waals surface area contributed by atoms with Crippen molar-refractivity contribution in [2.45, 2.75) is 23.7 Å². The number of piperidine rings is 1. The first-order valence-electron chi connectivity index (χ1n) is 11.9. The molecule has 0 radical (unpaired) electrons. The van der Waals surface area contributed by atoms with Crippen LogP contribution in [0, 0.1) is 17.5 Å². The summed E-state index contributed by atoms with van der Waals surface area (Å²) in [6.45, 7) is 1.99. The highest BCUT2D eigenvalue weighted by Gasteiger charge is 2.26. The molecule has 1 fully saturated rings. The maximum absolute atomic E-state index is 15.9. The zero-order chi connectivity index (χ0) is 25.9. The molecule has 10 heteroatoms. The first kappa shape index (κ1) is 25.6. The average Bonchev–Trinajstić information content (AvgIpc) is 3.35. The van der Waals surface area contributed by atoms with E-state index < -0.39 is 17.5 Å². The smallest absolute Gasteiger partial charge is 0.156 e. The topological polar surface area (TPSA) is 53.1 Å². The molecule has 192 valence electrons. The molecule has 0 unspecified atom stereocenters. The van der Waals surface area contributed by atoms with E-state index in [4.69, 9.17) is 4.98 Å². The lowest BCUT2D eigenvalue weighted by molar-refractivity contribution is 0.255. The molecule has 5 rings (SSSR count). The highest BCUT2D eigenvalue weighted by Crippen LogP contribution is 2.43. The molecule has 2 aromatic heterocycles. The summed E-state index contributed by atoms with van der Waals surface area (Å²) in [5.74, 6) is -0.627. The minimum atomic E-state index is -0.585. The van der Waals surface area contributed by atoms with Crippen LogP contribution in [0.5, 0.6) is 0 Å². The van der Waals surface area contributed by atoms with Crippen molar-refractivity contribution in [1.29, 1.82) is 0 Å². The minimum absolute atomic E-state index is 0.0417. The van der Waals surface area contributed by atoms with Crippen LogP contribution in [-0.4, -0.2) is 42.1 Å². The molecule has 0 spiro atoms. The second-order valence-corrected chi connectivity index (χ2v) is 10.8. The van der Waals surface area contributed by atoms with Gasteiger partial charge < -0.3 is 14.9 Å². The number of thiazole rings is 1. The van der Waals surface area contributed by atoms with E-state index in [0.29, 0.717) is 23.0 Å². The zero-order valence-corrected chi connectivity index (χ0v) is 22.0. The second-order valence-electron chi connectivity index (χ2n) is 8.93. The lowest BCUT2D eigenvalue weighted by Crippen LogP contribution is -2.29. The number of rotatable bonds is 7. The Kier molecular flexibility index (Phi) is 7.68. The summed E-state index contributed by atoms with van der Waals surface area (Å²) in [4.78, 5) is 12.5. The number of pyridine rings is 1. The summed E-state index contributed by atoms with van der Waals surface area (Å²) in [6, 6.07) is 12.0. The van der Waals surface area contributed by atoms with Gasteiger partial charge in [-0.15, -0.1) is 11.3 Å². The number of nitrogens with one attached hydrogen (secondary N) is 2. The summed E-state index contributed by atoms with van der Waals surface area (Å²) >= 11 is 2.42. The van der Waals surface area contributed by atoms with Crippen LogP contribution < -0.4 is 10.0 Å². The van der Waals surface area contributed by atoms with E-state index in [1.54, 1.807) is 42.8 Å². The Morgan fingerprint density at radius 1 is 1.05 bits per heavy atom. The van der Waals surface area contributed by atoms with E-state index in [-0.39, 0.29) is 10.6 Å². The van der Waals surface area contributed by atoms with Gasteiger partial charge in [0.25, 0.3) is 0 Å². The van der Waals surface area contributed by atoms with Crippen molar-refractivity contribution in [3.05, 3.63) is 77.2 Å². The number of hydrogen-bond acceptors (Lipinski definition) is 7. The van der Waals surface area contributed by atoms with Crippen molar-refractivity contribution in [2.75, 3.05) is 37.2 Å². The van der Waals surface area contributed by atoms with Crippen LogP contribution in [0.25, 0.3) is 21.7 Å². The second kappa shape index (κ2) is 11.1. The summed E-state index contributed by atoms with van der Waals surface area (Å²) in [5, 5.41) is 4.05. The lowest BCUT2D eigenvalue weighted by Gasteiger charge is -2.27. The number of nitrogens with zero attached hydrogens (tertiary/aromatic N) is 3. The molecule has 5 nitrogen and oxygen atoms in total. The molecule has 3 heterocycles. The molecule has 4 aromatic rings. The SMILES string of the molecule is CNc1cc(-c2sc(C3CCN(C)CC3)nc2-c2cccc(NSc3cc(F)ccc3F)c2F)ccn1. The van der Waals surface area contributed by atoms with Gasteiger partial charge >= 0.3 is 0 Å². The van der Waals surface area contributed by atoms with Gasteiger partial charge in [-0.25, -0.2) is 23.1 Å². The van der Waals surface area contributed by atoms with Gasteiger partial charge in [0.15, 0.2) is 5.82 Å². The van der Waals surface area contributed by atoms with E-state index in [1.807, 2.05) is 12.1 Å². The Morgan fingerprint density at radius 3 is 2.65 bits per heavy atom. The van der Waals surface area contributed by atoms with Crippen molar-refractivity contribution in [1.82, 2.24) is 14.9 Å². The summed E-state index contributed by atoms with van der Waals surface area (Å²) in [7, 11) is 3.92. The fourth-order valence-corrected chi connectivity index (χ4v) is 6.27. The van der Waals surface area contributed by atoms with Crippen molar-refractivity contribution >= 4 is 34.8 Å². The van der Waals surface area contributed by atoms with E-state index in [1.165, 1.54) is 0 Å². The molecule has 0 bridgehead atoms. The Labute approximate surface area is 222 Å². The van der Waals surface area contributed by atoms with Gasteiger partial charge in [-0.2, -0.15) is 0 Å². The molecule has 0 atom stereocenters. The Balaban J connectivity index is 1.53. The first-order chi connectivity index (χ1) is 17.9. The van der Waals surface area contributed by atoms with Crippen LogP contribution >= 0.6 is 23.3 Å². The van der Waals surface area contributed by atoms with Crippen molar-refractivity contribution in [2.24, 2.45) is 0 Å². The Bertz CT molecular complexity index is 1400. The third-order valence-electron chi connectivity index (χ3n) is 6.41. The van der Waals surface area contributed by atoms with Crippen molar-refractivity contribution in [3.63, 3.8) is 0 Å². The first-order valence-corrected chi connectivity index (χ1v) is 13.6. The highest BCUT2D eigenvalue weighted by atomic mass is 32.2. The third-order valence-corrected chi connectivity index (χ3v) is 8.53. The van der Waals surface area contributed by atoms with Gasteiger partial charge in [-0.1, -0.05) is 6.07 Å². The minimum Gasteiger partial charge on any atom is -0.373 e. The maximum Gasteiger partial charge on any atom is 0.156 e. The normalized spacial score (nSPS) is 14.6. The number of halogens is 3. The monoisotopic (exact) mass is 541 g/mol. The van der Waals surface area contributed by atoms with E-state index in [9.17, 15) is 8.78 Å². The average molecular weight is 542 g/mol. The lowest BCUT2D eigenvalue weighted by atomic mass is 9.98. The van der Waals surface area contributed by atoms with E-state index in [0.717, 1.165) is 71.5 Å². The van der Waals surface area contributed by atoms with Crippen LogP contribution in [-0.2, 0) is 0 Å².